The van der Waals surface area contributed by atoms with E-state index in [2.05, 4.69) is 20.5 Å². The number of benzene rings is 1. The number of nitrogens with zero attached hydrogens (tertiary/aromatic N) is 2. The molecule has 1 aromatic heterocycles. The van der Waals surface area contributed by atoms with Gasteiger partial charge in [-0.3, -0.25) is 9.89 Å². The minimum absolute atomic E-state index is 0.000206. The van der Waals surface area contributed by atoms with E-state index in [-0.39, 0.29) is 5.91 Å². The van der Waals surface area contributed by atoms with Crippen LogP contribution in [-0.2, 0) is 11.2 Å². The van der Waals surface area contributed by atoms with Crippen molar-refractivity contribution in [1.29, 1.82) is 0 Å². The molecule has 0 saturated heterocycles. The standard InChI is InChI=1S/C15H20N4O2/c1-12-4-2-5-13(10-12)21-9-7-15(20)16-8-3-6-14-17-11-18-19-14/h2,4-5,10-11H,3,6-9H2,1H3,(H,16,20)(H,17,18,19). The SMILES string of the molecule is Cc1cccc(OCCC(=O)NCCCc2ncn[nH]2)c1. The highest BCUT2D eigenvalue weighted by Crippen LogP contribution is 2.12. The molecule has 6 heteroatoms. The van der Waals surface area contributed by atoms with Gasteiger partial charge < -0.3 is 10.1 Å². The molecule has 112 valence electrons. The number of carbonyl (C=O) groups excluding carboxylic acids is 1. The normalized spacial score (nSPS) is 10.3. The number of aromatic nitrogens is 3. The molecular formula is C15H20N4O2. The molecule has 2 N–H and O–H groups in total. The number of hydrogen-bond acceptors (Lipinski definition) is 4. The largest absolute Gasteiger partial charge is 0.493 e. The average molecular weight is 288 g/mol. The summed E-state index contributed by atoms with van der Waals surface area (Å²) in [6, 6.07) is 7.79. The quantitative estimate of drug-likeness (QED) is 0.724. The zero-order chi connectivity index (χ0) is 14.9. The Morgan fingerprint density at radius 2 is 2.33 bits per heavy atom. The molecule has 0 saturated carbocycles. The van der Waals surface area contributed by atoms with Crippen molar-refractivity contribution in [2.24, 2.45) is 0 Å². The predicted octanol–water partition coefficient (Wildman–Crippen LogP) is 1.63. The minimum Gasteiger partial charge on any atom is -0.493 e. The lowest BCUT2D eigenvalue weighted by atomic mass is 10.2. The number of hydrogen-bond donors (Lipinski definition) is 2. The lowest BCUT2D eigenvalue weighted by Crippen LogP contribution is -2.26. The van der Waals surface area contributed by atoms with Crippen molar-refractivity contribution < 1.29 is 9.53 Å². The van der Waals surface area contributed by atoms with Crippen LogP contribution in [0.1, 0.15) is 24.2 Å². The van der Waals surface area contributed by atoms with E-state index in [1.807, 2.05) is 31.2 Å². The molecule has 0 atom stereocenters. The lowest BCUT2D eigenvalue weighted by Gasteiger charge is -2.07. The molecule has 0 aliphatic rings. The van der Waals surface area contributed by atoms with Crippen molar-refractivity contribution in [3.05, 3.63) is 42.0 Å². The van der Waals surface area contributed by atoms with Crippen molar-refractivity contribution in [2.45, 2.75) is 26.2 Å². The molecule has 0 bridgehead atoms. The Kier molecular flexibility index (Phi) is 5.75. The van der Waals surface area contributed by atoms with Gasteiger partial charge in [0.1, 0.15) is 17.9 Å². The Hall–Kier alpha value is -2.37. The van der Waals surface area contributed by atoms with Gasteiger partial charge in [-0.1, -0.05) is 12.1 Å². The van der Waals surface area contributed by atoms with E-state index >= 15 is 0 Å². The molecule has 2 aromatic rings. The van der Waals surface area contributed by atoms with Gasteiger partial charge in [0.15, 0.2) is 0 Å². The second-order valence-electron chi connectivity index (χ2n) is 4.80. The maximum absolute atomic E-state index is 11.6. The first-order valence-corrected chi connectivity index (χ1v) is 7.04. The number of rotatable bonds is 8. The van der Waals surface area contributed by atoms with Crippen LogP contribution in [-0.4, -0.2) is 34.2 Å². The first-order valence-electron chi connectivity index (χ1n) is 7.04. The van der Waals surface area contributed by atoms with Crippen molar-refractivity contribution in [2.75, 3.05) is 13.2 Å². The molecule has 0 aliphatic carbocycles. The smallest absolute Gasteiger partial charge is 0.223 e. The van der Waals surface area contributed by atoms with Crippen molar-refractivity contribution in [3.8, 4) is 5.75 Å². The zero-order valence-electron chi connectivity index (χ0n) is 12.1. The summed E-state index contributed by atoms with van der Waals surface area (Å²) in [5.74, 6) is 1.64. The molecule has 1 aromatic carbocycles. The summed E-state index contributed by atoms with van der Waals surface area (Å²) in [7, 11) is 0. The number of carbonyl (C=O) groups is 1. The fraction of sp³-hybridized carbons (Fsp3) is 0.400. The summed E-state index contributed by atoms with van der Waals surface area (Å²) in [5.41, 5.74) is 1.14. The summed E-state index contributed by atoms with van der Waals surface area (Å²) in [6.45, 7) is 3.02. The van der Waals surface area contributed by atoms with Gasteiger partial charge >= 0.3 is 0 Å². The lowest BCUT2D eigenvalue weighted by molar-refractivity contribution is -0.121. The molecule has 1 amide bonds. The van der Waals surface area contributed by atoms with Gasteiger partial charge in [0.2, 0.25) is 5.91 Å². The number of aryl methyl sites for hydroxylation is 2. The molecule has 0 unspecified atom stereocenters. The molecule has 6 nitrogen and oxygen atoms in total. The van der Waals surface area contributed by atoms with E-state index in [4.69, 9.17) is 4.74 Å². The van der Waals surface area contributed by atoms with Crippen molar-refractivity contribution >= 4 is 5.91 Å². The third kappa shape index (κ3) is 5.64. The Balaban J connectivity index is 1.55. The number of ether oxygens (including phenoxy) is 1. The molecule has 0 spiro atoms. The van der Waals surface area contributed by atoms with Gasteiger partial charge in [0.25, 0.3) is 0 Å². The van der Waals surface area contributed by atoms with E-state index in [1.165, 1.54) is 6.33 Å². The van der Waals surface area contributed by atoms with E-state index < -0.39 is 0 Å². The highest BCUT2D eigenvalue weighted by Gasteiger charge is 2.02. The second-order valence-corrected chi connectivity index (χ2v) is 4.80. The average Bonchev–Trinajstić information content (AvgIpc) is 2.97. The monoisotopic (exact) mass is 288 g/mol. The molecule has 21 heavy (non-hydrogen) atoms. The van der Waals surface area contributed by atoms with Crippen LogP contribution in [0.5, 0.6) is 5.75 Å². The molecule has 2 rings (SSSR count). The van der Waals surface area contributed by atoms with Crippen LogP contribution >= 0.6 is 0 Å². The van der Waals surface area contributed by atoms with Gasteiger partial charge in [0, 0.05) is 13.0 Å². The minimum atomic E-state index is 0.000206. The summed E-state index contributed by atoms with van der Waals surface area (Å²) < 4.78 is 5.54. The maximum atomic E-state index is 11.6. The van der Waals surface area contributed by atoms with Crippen molar-refractivity contribution in [3.63, 3.8) is 0 Å². The summed E-state index contributed by atoms with van der Waals surface area (Å²) in [4.78, 5) is 15.7. The van der Waals surface area contributed by atoms with Crippen LogP contribution in [0.15, 0.2) is 30.6 Å². The first kappa shape index (κ1) is 15.0. The van der Waals surface area contributed by atoms with Gasteiger partial charge in [0.05, 0.1) is 13.0 Å². The van der Waals surface area contributed by atoms with Crippen LogP contribution in [0.3, 0.4) is 0 Å². The van der Waals surface area contributed by atoms with Gasteiger partial charge in [-0.25, -0.2) is 4.98 Å². The highest BCUT2D eigenvalue weighted by atomic mass is 16.5. The van der Waals surface area contributed by atoms with Crippen LogP contribution in [0, 0.1) is 6.92 Å². The number of amides is 1. The maximum Gasteiger partial charge on any atom is 0.223 e. The Bertz CT molecular complexity index is 555. The third-order valence-corrected chi connectivity index (χ3v) is 2.96. The van der Waals surface area contributed by atoms with Gasteiger partial charge in [-0.05, 0) is 31.0 Å². The van der Waals surface area contributed by atoms with Crippen LogP contribution < -0.4 is 10.1 Å². The Morgan fingerprint density at radius 3 is 3.10 bits per heavy atom. The fourth-order valence-electron chi connectivity index (χ4n) is 1.89. The predicted molar refractivity (Wildman–Crippen MR) is 79.0 cm³/mol. The first-order chi connectivity index (χ1) is 10.2. The van der Waals surface area contributed by atoms with Gasteiger partial charge in [-0.15, -0.1) is 0 Å². The molecule has 1 heterocycles. The molecule has 0 radical (unpaired) electrons. The Morgan fingerprint density at radius 1 is 1.43 bits per heavy atom. The number of H-pyrrole nitrogens is 1. The topological polar surface area (TPSA) is 79.9 Å². The third-order valence-electron chi connectivity index (χ3n) is 2.96. The van der Waals surface area contributed by atoms with E-state index in [9.17, 15) is 4.79 Å². The van der Waals surface area contributed by atoms with E-state index in [0.29, 0.717) is 19.6 Å². The van der Waals surface area contributed by atoms with Gasteiger partial charge in [-0.2, -0.15) is 5.10 Å². The van der Waals surface area contributed by atoms with Crippen molar-refractivity contribution in [1.82, 2.24) is 20.5 Å². The summed E-state index contributed by atoms with van der Waals surface area (Å²) in [6.07, 6.45) is 3.45. The summed E-state index contributed by atoms with van der Waals surface area (Å²) in [5, 5.41) is 9.42. The number of aromatic amines is 1. The van der Waals surface area contributed by atoms with Crippen LogP contribution in [0.2, 0.25) is 0 Å². The summed E-state index contributed by atoms with van der Waals surface area (Å²) >= 11 is 0. The van der Waals surface area contributed by atoms with E-state index in [1.54, 1.807) is 0 Å². The number of nitrogens with one attached hydrogen (secondary N) is 2. The van der Waals surface area contributed by atoms with Crippen LogP contribution in [0.4, 0.5) is 0 Å². The molecule has 0 aliphatic heterocycles. The Labute approximate surface area is 123 Å². The molecule has 0 fully saturated rings. The second kappa shape index (κ2) is 8.04. The fourth-order valence-corrected chi connectivity index (χ4v) is 1.89. The van der Waals surface area contributed by atoms with Crippen LogP contribution in [0.25, 0.3) is 0 Å². The highest BCUT2D eigenvalue weighted by molar-refractivity contribution is 5.75. The molecular weight excluding hydrogens is 268 g/mol. The van der Waals surface area contributed by atoms with E-state index in [0.717, 1.165) is 30.0 Å². The zero-order valence-corrected chi connectivity index (χ0v) is 12.1.